The highest BCUT2D eigenvalue weighted by Gasteiger charge is 2.10. The van der Waals surface area contributed by atoms with Crippen LogP contribution in [0.5, 0.6) is 5.75 Å². The molecule has 0 saturated carbocycles. The quantitative estimate of drug-likeness (QED) is 0.706. The summed E-state index contributed by atoms with van der Waals surface area (Å²) in [6, 6.07) is 3.51. The Hall–Kier alpha value is -2.09. The van der Waals surface area contributed by atoms with E-state index in [1.54, 1.807) is 6.07 Å². The molecule has 1 heterocycles. The monoisotopic (exact) mass is 219 g/mol. The van der Waals surface area contributed by atoms with Crippen LogP contribution in [0.25, 0.3) is 5.76 Å². The van der Waals surface area contributed by atoms with E-state index >= 15 is 0 Å². The molecule has 0 N–H and O–H groups in total. The van der Waals surface area contributed by atoms with Crippen LogP contribution in [0.2, 0.25) is 0 Å². The summed E-state index contributed by atoms with van der Waals surface area (Å²) in [5.74, 6) is 0.816. The van der Waals surface area contributed by atoms with Crippen LogP contribution in [0.3, 0.4) is 0 Å². The molecule has 1 rings (SSSR count). The first-order valence-electron chi connectivity index (χ1n) is 4.95. The molecule has 5 heteroatoms. The molecule has 1 aromatic heterocycles. The fraction of sp³-hybridized carbons (Fsp3) is 0.364. The molecule has 0 radical (unpaired) electrons. The lowest BCUT2D eigenvalue weighted by Crippen LogP contribution is -2.02. The first-order valence-corrected chi connectivity index (χ1v) is 4.95. The number of aromatic nitrogens is 2. The molecule has 0 bridgehead atoms. The largest absolute Gasteiger partial charge is 0.492 e. The van der Waals surface area contributed by atoms with Crippen LogP contribution in [-0.4, -0.2) is 23.4 Å². The third-order valence-corrected chi connectivity index (χ3v) is 1.77. The standard InChI is InChI=1S/C11H13N3O2/c1-4-15-8(3)9-6-11(16-5-2)10(7-12)14-13-9/h6H,3-5H2,1-2H3. The Bertz CT molecular complexity index is 424. The number of nitriles is 1. The molecule has 0 fully saturated rings. The van der Waals surface area contributed by atoms with E-state index in [4.69, 9.17) is 14.7 Å². The molecule has 84 valence electrons. The minimum absolute atomic E-state index is 0.162. The number of hydrogen-bond donors (Lipinski definition) is 0. The maximum atomic E-state index is 8.79. The molecule has 0 atom stereocenters. The van der Waals surface area contributed by atoms with Gasteiger partial charge in [-0.3, -0.25) is 0 Å². The van der Waals surface area contributed by atoms with Crippen molar-refractivity contribution in [2.75, 3.05) is 13.2 Å². The lowest BCUT2D eigenvalue weighted by atomic mass is 10.3. The number of hydrogen-bond acceptors (Lipinski definition) is 5. The zero-order valence-corrected chi connectivity index (χ0v) is 9.36. The molecule has 0 amide bonds. The van der Waals surface area contributed by atoms with Crippen LogP contribution < -0.4 is 4.74 Å². The highest BCUT2D eigenvalue weighted by molar-refractivity contribution is 5.56. The van der Waals surface area contributed by atoms with Crippen molar-refractivity contribution in [1.82, 2.24) is 10.2 Å². The Morgan fingerprint density at radius 3 is 2.75 bits per heavy atom. The van der Waals surface area contributed by atoms with Crippen LogP contribution in [0, 0.1) is 11.3 Å². The average Bonchev–Trinajstić information content (AvgIpc) is 2.29. The van der Waals surface area contributed by atoms with E-state index in [1.165, 1.54) is 0 Å². The molecule has 0 aliphatic heterocycles. The van der Waals surface area contributed by atoms with Crippen LogP contribution in [0.1, 0.15) is 25.2 Å². The summed E-state index contributed by atoms with van der Waals surface area (Å²) in [5, 5.41) is 16.4. The van der Waals surface area contributed by atoms with Crippen molar-refractivity contribution in [3.8, 4) is 11.8 Å². The Labute approximate surface area is 94.3 Å². The van der Waals surface area contributed by atoms with Gasteiger partial charge in [0.05, 0.1) is 13.2 Å². The van der Waals surface area contributed by atoms with Gasteiger partial charge in [0.25, 0.3) is 0 Å². The summed E-state index contributed by atoms with van der Waals surface area (Å²) >= 11 is 0. The molecular formula is C11H13N3O2. The Kier molecular flexibility index (Phi) is 4.28. The van der Waals surface area contributed by atoms with Crippen LogP contribution in [0.15, 0.2) is 12.6 Å². The van der Waals surface area contributed by atoms with Crippen molar-refractivity contribution < 1.29 is 9.47 Å². The van der Waals surface area contributed by atoms with Crippen LogP contribution in [-0.2, 0) is 4.74 Å². The normalized spacial score (nSPS) is 9.31. The van der Waals surface area contributed by atoms with Gasteiger partial charge in [-0.1, -0.05) is 6.58 Å². The van der Waals surface area contributed by atoms with Gasteiger partial charge >= 0.3 is 0 Å². The van der Waals surface area contributed by atoms with Gasteiger partial charge in [-0.25, -0.2) is 0 Å². The maximum Gasteiger partial charge on any atom is 0.204 e. The third kappa shape index (κ3) is 2.70. The second kappa shape index (κ2) is 5.71. The zero-order chi connectivity index (χ0) is 12.0. The van der Waals surface area contributed by atoms with Crippen molar-refractivity contribution in [1.29, 1.82) is 5.26 Å². The lowest BCUT2D eigenvalue weighted by molar-refractivity contribution is 0.296. The van der Waals surface area contributed by atoms with Gasteiger partial charge in [-0.05, 0) is 13.8 Å². The maximum absolute atomic E-state index is 8.79. The van der Waals surface area contributed by atoms with Crippen molar-refractivity contribution in [2.45, 2.75) is 13.8 Å². The van der Waals surface area contributed by atoms with Gasteiger partial charge in [0.2, 0.25) is 5.69 Å². The third-order valence-electron chi connectivity index (χ3n) is 1.77. The first-order chi connectivity index (χ1) is 7.72. The van der Waals surface area contributed by atoms with E-state index in [-0.39, 0.29) is 5.69 Å². The molecule has 16 heavy (non-hydrogen) atoms. The highest BCUT2D eigenvalue weighted by Crippen LogP contribution is 2.19. The summed E-state index contributed by atoms with van der Waals surface area (Å²) in [6.07, 6.45) is 0. The van der Waals surface area contributed by atoms with E-state index in [2.05, 4.69) is 16.8 Å². The molecule has 0 saturated heterocycles. The van der Waals surface area contributed by atoms with E-state index in [9.17, 15) is 0 Å². The topological polar surface area (TPSA) is 68.0 Å². The molecule has 0 aromatic carbocycles. The van der Waals surface area contributed by atoms with E-state index in [0.29, 0.717) is 30.4 Å². The van der Waals surface area contributed by atoms with Crippen molar-refractivity contribution >= 4 is 5.76 Å². The number of ether oxygens (including phenoxy) is 2. The predicted molar refractivity (Wildman–Crippen MR) is 58.6 cm³/mol. The van der Waals surface area contributed by atoms with Gasteiger partial charge < -0.3 is 9.47 Å². The van der Waals surface area contributed by atoms with Crippen molar-refractivity contribution in [3.63, 3.8) is 0 Å². The molecular weight excluding hydrogens is 206 g/mol. The second-order valence-corrected chi connectivity index (χ2v) is 2.84. The SMILES string of the molecule is C=C(OCC)c1cc(OCC)c(C#N)nn1. The first kappa shape index (κ1) is 12.0. The van der Waals surface area contributed by atoms with E-state index < -0.39 is 0 Å². The molecule has 0 unspecified atom stereocenters. The average molecular weight is 219 g/mol. The summed E-state index contributed by atoms with van der Waals surface area (Å²) < 4.78 is 10.5. The summed E-state index contributed by atoms with van der Waals surface area (Å²) in [4.78, 5) is 0. The Balaban J connectivity index is 3.02. The van der Waals surface area contributed by atoms with E-state index in [0.717, 1.165) is 0 Å². The van der Waals surface area contributed by atoms with Gasteiger partial charge in [0.15, 0.2) is 5.75 Å². The summed E-state index contributed by atoms with van der Waals surface area (Å²) in [7, 11) is 0. The van der Waals surface area contributed by atoms with Gasteiger partial charge in [0.1, 0.15) is 17.5 Å². The van der Waals surface area contributed by atoms with Crippen LogP contribution >= 0.6 is 0 Å². The van der Waals surface area contributed by atoms with Crippen molar-refractivity contribution in [2.24, 2.45) is 0 Å². The predicted octanol–water partition coefficient (Wildman–Crippen LogP) is 1.75. The fourth-order valence-corrected chi connectivity index (χ4v) is 1.10. The molecule has 0 aliphatic rings. The smallest absolute Gasteiger partial charge is 0.204 e. The molecule has 1 aromatic rings. The molecule has 0 spiro atoms. The van der Waals surface area contributed by atoms with Crippen molar-refractivity contribution in [3.05, 3.63) is 24.0 Å². The highest BCUT2D eigenvalue weighted by atomic mass is 16.5. The second-order valence-electron chi connectivity index (χ2n) is 2.84. The van der Waals surface area contributed by atoms with E-state index in [1.807, 2.05) is 19.9 Å². The van der Waals surface area contributed by atoms with Crippen LogP contribution in [0.4, 0.5) is 0 Å². The minimum atomic E-state index is 0.162. The van der Waals surface area contributed by atoms with Gasteiger partial charge in [0, 0.05) is 6.07 Å². The summed E-state index contributed by atoms with van der Waals surface area (Å²) in [6.45, 7) is 8.36. The number of rotatable bonds is 5. The molecule has 5 nitrogen and oxygen atoms in total. The Morgan fingerprint density at radius 2 is 2.19 bits per heavy atom. The minimum Gasteiger partial charge on any atom is -0.492 e. The lowest BCUT2D eigenvalue weighted by Gasteiger charge is -2.08. The fourth-order valence-electron chi connectivity index (χ4n) is 1.10. The number of nitrogens with zero attached hydrogens (tertiary/aromatic N) is 3. The molecule has 0 aliphatic carbocycles. The van der Waals surface area contributed by atoms with Gasteiger partial charge in [-0.15, -0.1) is 10.2 Å². The van der Waals surface area contributed by atoms with Gasteiger partial charge in [-0.2, -0.15) is 5.26 Å². The zero-order valence-electron chi connectivity index (χ0n) is 9.36. The summed E-state index contributed by atoms with van der Waals surface area (Å²) in [5.41, 5.74) is 0.638. The Morgan fingerprint density at radius 1 is 1.44 bits per heavy atom.